The van der Waals surface area contributed by atoms with E-state index in [4.69, 9.17) is 4.74 Å². The van der Waals surface area contributed by atoms with Gasteiger partial charge < -0.3 is 15.0 Å². The second-order valence-electron chi connectivity index (χ2n) is 4.88. The molecule has 0 saturated carbocycles. The highest BCUT2D eigenvalue weighted by Gasteiger charge is 2.10. The van der Waals surface area contributed by atoms with Gasteiger partial charge in [0, 0.05) is 13.1 Å². The summed E-state index contributed by atoms with van der Waals surface area (Å²) < 4.78 is 5.18. The molecule has 0 aliphatic rings. The molecule has 0 fully saturated rings. The maximum Gasteiger partial charge on any atom is 0.236 e. The lowest BCUT2D eigenvalue weighted by atomic mass is 10.1. The van der Waals surface area contributed by atoms with E-state index in [-0.39, 0.29) is 11.9 Å². The number of hydrogen-bond acceptors (Lipinski definition) is 3. The number of ether oxygens (including phenoxy) is 1. The maximum absolute atomic E-state index is 11.7. The number of nitrogens with one attached hydrogen (secondary N) is 1. The van der Waals surface area contributed by atoms with Crippen LogP contribution in [0.2, 0.25) is 0 Å². The van der Waals surface area contributed by atoms with Crippen LogP contribution in [0.25, 0.3) is 0 Å². The normalized spacial score (nSPS) is 10.6. The lowest BCUT2D eigenvalue weighted by molar-refractivity contribution is -0.130. The summed E-state index contributed by atoms with van der Waals surface area (Å²) in [5.74, 6) is 0.994. The van der Waals surface area contributed by atoms with Gasteiger partial charge in [-0.15, -0.1) is 0 Å². The number of hydrogen-bond donors (Lipinski definition) is 1. The van der Waals surface area contributed by atoms with Gasteiger partial charge in [0.05, 0.1) is 13.7 Å². The van der Waals surface area contributed by atoms with Gasteiger partial charge in [0.2, 0.25) is 5.91 Å². The smallest absolute Gasteiger partial charge is 0.236 e. The summed E-state index contributed by atoms with van der Waals surface area (Å²) in [6.07, 6.45) is 0.885. The Balaban J connectivity index is 2.29. The Kier molecular flexibility index (Phi) is 6.36. The van der Waals surface area contributed by atoms with Gasteiger partial charge in [-0.3, -0.25) is 4.79 Å². The highest BCUT2D eigenvalue weighted by molar-refractivity contribution is 5.78. The van der Waals surface area contributed by atoms with Gasteiger partial charge in [-0.05, 0) is 44.5 Å². The first kappa shape index (κ1) is 15.5. The van der Waals surface area contributed by atoms with Crippen LogP contribution in [0, 0.1) is 0 Å². The Labute approximate surface area is 115 Å². The Hall–Kier alpha value is -1.55. The van der Waals surface area contributed by atoms with Gasteiger partial charge in [0.15, 0.2) is 0 Å². The van der Waals surface area contributed by atoms with E-state index in [2.05, 4.69) is 11.4 Å². The fourth-order valence-corrected chi connectivity index (χ4v) is 1.67. The first-order valence-corrected chi connectivity index (χ1v) is 6.64. The van der Waals surface area contributed by atoms with Crippen molar-refractivity contribution in [3.63, 3.8) is 0 Å². The molecule has 0 heterocycles. The van der Waals surface area contributed by atoms with E-state index in [9.17, 15) is 4.79 Å². The maximum atomic E-state index is 11.7. The van der Waals surface area contributed by atoms with E-state index >= 15 is 0 Å². The van der Waals surface area contributed by atoms with Crippen LogP contribution in [-0.4, -0.2) is 44.1 Å². The Morgan fingerprint density at radius 2 is 2.16 bits per heavy atom. The number of carbonyl (C=O) groups excluding carboxylic acids is 1. The van der Waals surface area contributed by atoms with Crippen LogP contribution in [0.5, 0.6) is 5.75 Å². The van der Waals surface area contributed by atoms with Gasteiger partial charge in [0.1, 0.15) is 5.75 Å². The van der Waals surface area contributed by atoms with E-state index in [0.717, 1.165) is 18.7 Å². The van der Waals surface area contributed by atoms with Crippen molar-refractivity contribution in [1.82, 2.24) is 10.2 Å². The summed E-state index contributed by atoms with van der Waals surface area (Å²) in [7, 11) is 3.49. The zero-order valence-electron chi connectivity index (χ0n) is 12.3. The molecule has 1 N–H and O–H groups in total. The summed E-state index contributed by atoms with van der Waals surface area (Å²) in [6, 6.07) is 8.23. The second-order valence-corrected chi connectivity index (χ2v) is 4.88. The number of carbonyl (C=O) groups is 1. The molecule has 0 unspecified atom stereocenters. The van der Waals surface area contributed by atoms with Gasteiger partial charge in [-0.25, -0.2) is 0 Å². The summed E-state index contributed by atoms with van der Waals surface area (Å²) in [5.41, 5.74) is 1.21. The Bertz CT molecular complexity index is 405. The number of methoxy groups -OCH3 is 1. The first-order valence-electron chi connectivity index (χ1n) is 6.64. The van der Waals surface area contributed by atoms with Crippen LogP contribution < -0.4 is 10.1 Å². The molecule has 0 aromatic heterocycles. The molecule has 4 nitrogen and oxygen atoms in total. The highest BCUT2D eigenvalue weighted by Crippen LogP contribution is 2.12. The molecule has 0 radical (unpaired) electrons. The number of nitrogens with zero attached hydrogens (tertiary/aromatic N) is 1. The van der Waals surface area contributed by atoms with E-state index in [0.29, 0.717) is 6.54 Å². The zero-order chi connectivity index (χ0) is 14.3. The molecule has 0 saturated heterocycles. The monoisotopic (exact) mass is 264 g/mol. The molecule has 0 aliphatic carbocycles. The van der Waals surface area contributed by atoms with Crippen LogP contribution in [-0.2, 0) is 11.2 Å². The predicted molar refractivity (Wildman–Crippen MR) is 77.5 cm³/mol. The molecule has 0 atom stereocenters. The molecule has 0 bridgehead atoms. The summed E-state index contributed by atoms with van der Waals surface area (Å²) in [4.78, 5) is 13.5. The third-order valence-electron chi connectivity index (χ3n) is 3.17. The molecular formula is C15H24N2O2. The van der Waals surface area contributed by atoms with Crippen molar-refractivity contribution in [1.29, 1.82) is 0 Å². The SMILES string of the molecule is COc1cccc(CCNCC(=O)N(C)C(C)C)c1. The minimum Gasteiger partial charge on any atom is -0.497 e. The zero-order valence-corrected chi connectivity index (χ0v) is 12.3. The van der Waals surface area contributed by atoms with Crippen LogP contribution in [0.4, 0.5) is 0 Å². The third-order valence-corrected chi connectivity index (χ3v) is 3.17. The van der Waals surface area contributed by atoms with Gasteiger partial charge in [0.25, 0.3) is 0 Å². The van der Waals surface area contributed by atoms with Crippen LogP contribution in [0.3, 0.4) is 0 Å². The number of rotatable bonds is 7. The summed E-state index contributed by atoms with van der Waals surface area (Å²) >= 11 is 0. The fraction of sp³-hybridized carbons (Fsp3) is 0.533. The number of benzene rings is 1. The van der Waals surface area contributed by atoms with Crippen molar-refractivity contribution in [3.05, 3.63) is 29.8 Å². The summed E-state index contributed by atoms with van der Waals surface area (Å²) in [5, 5.41) is 3.17. The standard InChI is InChI=1S/C15H24N2O2/c1-12(2)17(3)15(18)11-16-9-8-13-6-5-7-14(10-13)19-4/h5-7,10,12,16H,8-9,11H2,1-4H3. The molecular weight excluding hydrogens is 240 g/mol. The minimum atomic E-state index is 0.126. The average molecular weight is 264 g/mol. The van der Waals surface area contributed by atoms with Crippen molar-refractivity contribution < 1.29 is 9.53 Å². The molecule has 4 heteroatoms. The van der Waals surface area contributed by atoms with Gasteiger partial charge in [-0.1, -0.05) is 12.1 Å². The van der Waals surface area contributed by atoms with Crippen molar-refractivity contribution in [3.8, 4) is 5.75 Å². The largest absolute Gasteiger partial charge is 0.497 e. The van der Waals surface area contributed by atoms with Crippen LogP contribution in [0.15, 0.2) is 24.3 Å². The quantitative estimate of drug-likeness (QED) is 0.762. The molecule has 1 amide bonds. The predicted octanol–water partition coefficient (Wildman–Crippen LogP) is 1.69. The van der Waals surface area contributed by atoms with Crippen molar-refractivity contribution in [2.45, 2.75) is 26.3 Å². The van der Waals surface area contributed by atoms with Crippen molar-refractivity contribution >= 4 is 5.91 Å². The molecule has 19 heavy (non-hydrogen) atoms. The van der Waals surface area contributed by atoms with Crippen LogP contribution in [0.1, 0.15) is 19.4 Å². The van der Waals surface area contributed by atoms with Gasteiger partial charge >= 0.3 is 0 Å². The van der Waals surface area contributed by atoms with Crippen LogP contribution >= 0.6 is 0 Å². The van der Waals surface area contributed by atoms with E-state index in [1.165, 1.54) is 5.56 Å². The molecule has 1 aromatic rings. The van der Waals surface area contributed by atoms with E-state index in [1.807, 2.05) is 39.1 Å². The van der Waals surface area contributed by atoms with E-state index in [1.54, 1.807) is 12.0 Å². The third kappa shape index (κ3) is 5.30. The fourth-order valence-electron chi connectivity index (χ4n) is 1.67. The molecule has 0 aliphatic heterocycles. The Morgan fingerprint density at radius 1 is 1.42 bits per heavy atom. The van der Waals surface area contributed by atoms with Gasteiger partial charge in [-0.2, -0.15) is 0 Å². The van der Waals surface area contributed by atoms with Crippen molar-refractivity contribution in [2.24, 2.45) is 0 Å². The minimum absolute atomic E-state index is 0.126. The molecule has 0 spiro atoms. The molecule has 1 aromatic carbocycles. The lowest BCUT2D eigenvalue weighted by Crippen LogP contribution is -2.39. The highest BCUT2D eigenvalue weighted by atomic mass is 16.5. The molecule has 106 valence electrons. The lowest BCUT2D eigenvalue weighted by Gasteiger charge is -2.21. The Morgan fingerprint density at radius 3 is 2.79 bits per heavy atom. The second kappa shape index (κ2) is 7.79. The number of amides is 1. The van der Waals surface area contributed by atoms with Crippen molar-refractivity contribution in [2.75, 3.05) is 27.2 Å². The van der Waals surface area contributed by atoms with E-state index < -0.39 is 0 Å². The number of likely N-dealkylation sites (N-methyl/N-ethyl adjacent to an activating group) is 1. The molecule has 1 rings (SSSR count). The first-order chi connectivity index (χ1) is 9.04. The average Bonchev–Trinajstić information content (AvgIpc) is 2.42. The summed E-state index contributed by atoms with van der Waals surface area (Å²) in [6.45, 7) is 5.19. The topological polar surface area (TPSA) is 41.6 Å².